The summed E-state index contributed by atoms with van der Waals surface area (Å²) in [6.07, 6.45) is 0. The van der Waals surface area contributed by atoms with Gasteiger partial charge in [-0.2, -0.15) is 0 Å². The molecule has 0 saturated carbocycles. The number of ether oxygens (including phenoxy) is 1. The number of para-hydroxylation sites is 1. The maximum absolute atomic E-state index is 13.8. The van der Waals surface area contributed by atoms with Gasteiger partial charge in [0.05, 0.1) is 35.2 Å². The molecular weight excluding hydrogens is 338 g/mol. The third-order valence-electron chi connectivity index (χ3n) is 3.74. The molecule has 0 spiro atoms. The first-order valence-corrected chi connectivity index (χ1v) is 7.81. The van der Waals surface area contributed by atoms with Gasteiger partial charge in [-0.3, -0.25) is 4.79 Å². The van der Waals surface area contributed by atoms with Gasteiger partial charge >= 0.3 is 0 Å². The Bertz CT molecular complexity index is 764. The van der Waals surface area contributed by atoms with E-state index in [1.165, 1.54) is 0 Å². The fourth-order valence-corrected chi connectivity index (χ4v) is 2.88. The molecule has 1 aliphatic rings. The van der Waals surface area contributed by atoms with Crippen LogP contribution in [0.25, 0.3) is 0 Å². The van der Waals surface area contributed by atoms with Crippen LogP contribution in [0.3, 0.4) is 0 Å². The Morgan fingerprint density at radius 2 is 1.92 bits per heavy atom. The lowest BCUT2D eigenvalue weighted by atomic mass is 10.1. The van der Waals surface area contributed by atoms with E-state index < -0.39 is 17.5 Å². The summed E-state index contributed by atoms with van der Waals surface area (Å²) < 4.78 is 32.1. The van der Waals surface area contributed by atoms with Crippen LogP contribution >= 0.6 is 11.6 Å². The molecule has 1 aliphatic heterocycles. The Labute approximate surface area is 143 Å². The Balaban J connectivity index is 1.89. The normalized spacial score (nSPS) is 14.5. The first-order valence-electron chi connectivity index (χ1n) is 7.44. The number of morpholine rings is 1. The highest BCUT2D eigenvalue weighted by Crippen LogP contribution is 2.34. The number of benzene rings is 2. The van der Waals surface area contributed by atoms with Crippen LogP contribution in [0, 0.1) is 11.6 Å². The highest BCUT2D eigenvalue weighted by atomic mass is 35.5. The Morgan fingerprint density at radius 3 is 2.62 bits per heavy atom. The molecule has 1 heterocycles. The van der Waals surface area contributed by atoms with E-state index in [4.69, 9.17) is 16.3 Å². The highest BCUT2D eigenvalue weighted by Gasteiger charge is 2.20. The van der Waals surface area contributed by atoms with Gasteiger partial charge in [0.2, 0.25) is 0 Å². The fourth-order valence-electron chi connectivity index (χ4n) is 2.59. The van der Waals surface area contributed by atoms with Crippen molar-refractivity contribution in [3.05, 3.63) is 58.6 Å². The molecule has 0 aliphatic carbocycles. The average molecular weight is 353 g/mol. The molecule has 0 bridgehead atoms. The number of amides is 1. The van der Waals surface area contributed by atoms with Gasteiger partial charge in [0.25, 0.3) is 5.91 Å². The first kappa shape index (κ1) is 16.7. The van der Waals surface area contributed by atoms with E-state index >= 15 is 0 Å². The number of hydrogen-bond acceptors (Lipinski definition) is 3. The smallest absolute Gasteiger partial charge is 0.258 e. The number of rotatable bonds is 3. The van der Waals surface area contributed by atoms with E-state index in [0.717, 1.165) is 12.1 Å². The molecule has 2 aromatic rings. The van der Waals surface area contributed by atoms with Crippen molar-refractivity contribution in [2.75, 3.05) is 36.5 Å². The summed E-state index contributed by atoms with van der Waals surface area (Å²) in [5, 5.41) is 3.14. The maximum Gasteiger partial charge on any atom is 0.258 e. The lowest BCUT2D eigenvalue weighted by Crippen LogP contribution is -2.37. The molecular formula is C17H15ClF2N2O2. The average Bonchev–Trinajstić information content (AvgIpc) is 2.55. The van der Waals surface area contributed by atoms with Crippen molar-refractivity contribution in [2.24, 2.45) is 0 Å². The van der Waals surface area contributed by atoms with Crippen LogP contribution in [0.5, 0.6) is 0 Å². The summed E-state index contributed by atoms with van der Waals surface area (Å²) in [7, 11) is 0. The largest absolute Gasteiger partial charge is 0.378 e. The number of halogens is 3. The lowest BCUT2D eigenvalue weighted by Gasteiger charge is -2.31. The topological polar surface area (TPSA) is 41.6 Å². The van der Waals surface area contributed by atoms with E-state index in [1.807, 2.05) is 4.90 Å². The van der Waals surface area contributed by atoms with E-state index in [9.17, 15) is 13.6 Å². The lowest BCUT2D eigenvalue weighted by molar-refractivity contribution is 0.102. The predicted molar refractivity (Wildman–Crippen MR) is 88.8 cm³/mol. The maximum atomic E-state index is 13.8. The van der Waals surface area contributed by atoms with Gasteiger partial charge in [0.1, 0.15) is 11.6 Å². The summed E-state index contributed by atoms with van der Waals surface area (Å²) in [4.78, 5) is 14.3. The number of carbonyl (C=O) groups is 1. The van der Waals surface area contributed by atoms with Crippen molar-refractivity contribution in [3.8, 4) is 0 Å². The molecule has 4 nitrogen and oxygen atoms in total. The van der Waals surface area contributed by atoms with Crippen LogP contribution in [0.4, 0.5) is 20.2 Å². The van der Waals surface area contributed by atoms with Crippen LogP contribution in [-0.2, 0) is 4.74 Å². The molecule has 1 amide bonds. The van der Waals surface area contributed by atoms with Gasteiger partial charge in [0, 0.05) is 19.2 Å². The molecule has 1 N–H and O–H groups in total. The number of nitrogens with one attached hydrogen (secondary N) is 1. The van der Waals surface area contributed by atoms with E-state index in [1.54, 1.807) is 18.2 Å². The zero-order valence-corrected chi connectivity index (χ0v) is 13.4. The molecule has 3 rings (SSSR count). The standard InChI is InChI=1S/C17H15ClF2N2O2/c18-13-2-1-3-15(16(13)22-6-8-24-9-7-22)21-17(23)12-5-4-11(19)10-14(12)20/h1-5,10H,6-9H2,(H,21,23). The minimum Gasteiger partial charge on any atom is -0.378 e. The van der Waals surface area contributed by atoms with Crippen molar-refractivity contribution in [3.63, 3.8) is 0 Å². The summed E-state index contributed by atoms with van der Waals surface area (Å²) in [6.45, 7) is 2.39. The van der Waals surface area contributed by atoms with Crippen molar-refractivity contribution < 1.29 is 18.3 Å². The van der Waals surface area contributed by atoms with Crippen LogP contribution < -0.4 is 10.2 Å². The number of nitrogens with zero attached hydrogens (tertiary/aromatic N) is 1. The molecule has 0 unspecified atom stereocenters. The third-order valence-corrected chi connectivity index (χ3v) is 4.04. The molecule has 1 fully saturated rings. The second kappa shape index (κ2) is 7.15. The minimum atomic E-state index is -0.914. The molecule has 126 valence electrons. The van der Waals surface area contributed by atoms with Crippen molar-refractivity contribution in [1.29, 1.82) is 0 Å². The van der Waals surface area contributed by atoms with Gasteiger partial charge in [-0.25, -0.2) is 8.78 Å². The van der Waals surface area contributed by atoms with Gasteiger partial charge in [-0.05, 0) is 24.3 Å². The molecule has 7 heteroatoms. The second-order valence-corrected chi connectivity index (χ2v) is 5.72. The minimum absolute atomic E-state index is 0.232. The molecule has 2 aromatic carbocycles. The van der Waals surface area contributed by atoms with Crippen molar-refractivity contribution in [2.45, 2.75) is 0 Å². The Hall–Kier alpha value is -2.18. The van der Waals surface area contributed by atoms with Crippen molar-refractivity contribution >= 4 is 28.9 Å². The molecule has 0 atom stereocenters. The van der Waals surface area contributed by atoms with Crippen molar-refractivity contribution in [1.82, 2.24) is 0 Å². The van der Waals surface area contributed by atoms with Gasteiger partial charge in [0.15, 0.2) is 0 Å². The van der Waals surface area contributed by atoms with Crippen LogP contribution in [0.1, 0.15) is 10.4 Å². The van der Waals surface area contributed by atoms with Gasteiger partial charge in [-0.1, -0.05) is 17.7 Å². The van der Waals surface area contributed by atoms with Gasteiger partial charge in [-0.15, -0.1) is 0 Å². The summed E-state index contributed by atoms with van der Waals surface area (Å²) in [6, 6.07) is 7.94. The number of carbonyl (C=O) groups excluding carboxylic acids is 1. The SMILES string of the molecule is O=C(Nc1cccc(Cl)c1N1CCOCC1)c1ccc(F)cc1F. The second-order valence-electron chi connectivity index (χ2n) is 5.31. The third kappa shape index (κ3) is 3.49. The van der Waals surface area contributed by atoms with E-state index in [2.05, 4.69) is 5.32 Å². The summed E-state index contributed by atoms with van der Waals surface area (Å²) in [5.41, 5.74) is 0.903. The fraction of sp³-hybridized carbons (Fsp3) is 0.235. The summed E-state index contributed by atoms with van der Waals surface area (Å²) in [5.74, 6) is -2.31. The Kier molecular flexibility index (Phi) is 4.97. The molecule has 0 aromatic heterocycles. The van der Waals surface area contributed by atoms with Crippen LogP contribution in [-0.4, -0.2) is 32.2 Å². The first-order chi connectivity index (χ1) is 11.6. The van der Waals surface area contributed by atoms with Gasteiger partial charge < -0.3 is 15.0 Å². The quantitative estimate of drug-likeness (QED) is 0.915. The highest BCUT2D eigenvalue weighted by molar-refractivity contribution is 6.34. The molecule has 0 radical (unpaired) electrons. The zero-order valence-electron chi connectivity index (χ0n) is 12.7. The molecule has 24 heavy (non-hydrogen) atoms. The summed E-state index contributed by atoms with van der Waals surface area (Å²) >= 11 is 6.29. The predicted octanol–water partition coefficient (Wildman–Crippen LogP) is 3.71. The van der Waals surface area contributed by atoms with E-state index in [0.29, 0.717) is 48.8 Å². The zero-order chi connectivity index (χ0) is 17.1. The van der Waals surface area contributed by atoms with E-state index in [-0.39, 0.29) is 5.56 Å². The van der Waals surface area contributed by atoms with Crippen LogP contribution in [0.15, 0.2) is 36.4 Å². The number of hydrogen-bond donors (Lipinski definition) is 1. The molecule has 1 saturated heterocycles. The van der Waals surface area contributed by atoms with Crippen LogP contribution in [0.2, 0.25) is 5.02 Å². The Morgan fingerprint density at radius 1 is 1.17 bits per heavy atom. The monoisotopic (exact) mass is 352 g/mol. The number of anilines is 2.